The topological polar surface area (TPSA) is 94.2 Å². The second-order valence-electron chi connectivity index (χ2n) is 8.23. The standard InChI is InChI=1S/C23H31IN2O6S2/c1-14(2)13-34(33)21-18(20(27)26(21)19(15(3)4)22(28)31-11-10-24)25-23(29)32-12-16-6-8-17(30-5)9-7-16/h6-9,14,18-19,21H,3,10-13H2,1-2,4-5H3,(H,25,29). The second kappa shape index (κ2) is 13.4. The Morgan fingerprint density at radius 3 is 2.44 bits per heavy atom. The van der Waals surface area contributed by atoms with Crippen LogP contribution in [0.25, 0.3) is 0 Å². The molecule has 188 valence electrons. The van der Waals surface area contributed by atoms with Gasteiger partial charge < -0.3 is 24.4 Å². The number of nitrogens with one attached hydrogen (secondary N) is 1. The quantitative estimate of drug-likeness (QED) is 0.126. The number of methoxy groups -OCH3 is 1. The number of hydrogen-bond acceptors (Lipinski definition) is 7. The molecule has 0 saturated carbocycles. The van der Waals surface area contributed by atoms with Gasteiger partial charge in [-0.1, -0.05) is 64.6 Å². The molecule has 0 spiro atoms. The SMILES string of the molecule is C=C(C)C(C(=O)OCCI)N1C(=O)C(NC(=O)OCc2ccc(OC)cc2)C1S(=S)CC(C)C. The van der Waals surface area contributed by atoms with Gasteiger partial charge in [-0.05, 0) is 47.3 Å². The predicted octanol–water partition coefficient (Wildman–Crippen LogP) is 3.12. The van der Waals surface area contributed by atoms with Gasteiger partial charge in [0.1, 0.15) is 30.4 Å². The number of likely N-dealkylation sites (tertiary alicyclic amines) is 1. The molecule has 1 aliphatic heterocycles. The predicted molar refractivity (Wildman–Crippen MR) is 144 cm³/mol. The molecule has 1 heterocycles. The van der Waals surface area contributed by atoms with Crippen molar-refractivity contribution in [2.24, 2.45) is 5.92 Å². The molecule has 1 aliphatic rings. The minimum absolute atomic E-state index is 0.0354. The zero-order valence-corrected chi connectivity index (χ0v) is 23.5. The summed E-state index contributed by atoms with van der Waals surface area (Å²) >= 11 is 7.84. The number of ether oxygens (including phenoxy) is 3. The van der Waals surface area contributed by atoms with Crippen LogP contribution in [0.15, 0.2) is 36.4 Å². The van der Waals surface area contributed by atoms with Crippen molar-refractivity contribution in [2.75, 3.05) is 23.9 Å². The number of nitrogens with zero attached hydrogens (tertiary/aromatic N) is 1. The van der Waals surface area contributed by atoms with Crippen LogP contribution in [0.4, 0.5) is 4.79 Å². The number of hydrogen-bond donors (Lipinski definition) is 1. The molecule has 2 amide bonds. The molecule has 11 heteroatoms. The molecule has 1 fully saturated rings. The first kappa shape index (κ1) is 28.5. The summed E-state index contributed by atoms with van der Waals surface area (Å²) in [7, 11) is 0.867. The number of carbonyl (C=O) groups is 3. The summed E-state index contributed by atoms with van der Waals surface area (Å²) in [5, 5.41) is 2.11. The fraction of sp³-hybridized carbons (Fsp3) is 0.522. The van der Waals surface area contributed by atoms with Crippen LogP contribution in [-0.2, 0) is 46.3 Å². The Bertz CT molecular complexity index is 925. The molecule has 1 aromatic rings. The maximum Gasteiger partial charge on any atom is 0.408 e. The highest BCUT2D eigenvalue weighted by Crippen LogP contribution is 2.30. The Balaban J connectivity index is 2.14. The minimum Gasteiger partial charge on any atom is -0.497 e. The minimum atomic E-state index is -0.945. The van der Waals surface area contributed by atoms with Crippen LogP contribution in [0.1, 0.15) is 26.3 Å². The molecule has 2 rings (SSSR count). The number of amides is 2. The van der Waals surface area contributed by atoms with Crippen molar-refractivity contribution in [3.05, 3.63) is 42.0 Å². The van der Waals surface area contributed by atoms with Crippen molar-refractivity contribution in [1.82, 2.24) is 10.2 Å². The van der Waals surface area contributed by atoms with Gasteiger partial charge in [0.05, 0.1) is 7.11 Å². The molecule has 1 N–H and O–H groups in total. The van der Waals surface area contributed by atoms with Crippen molar-refractivity contribution in [1.29, 1.82) is 0 Å². The van der Waals surface area contributed by atoms with E-state index in [9.17, 15) is 14.4 Å². The molecule has 0 radical (unpaired) electrons. The van der Waals surface area contributed by atoms with Gasteiger partial charge >= 0.3 is 12.1 Å². The molecule has 0 bridgehead atoms. The van der Waals surface area contributed by atoms with E-state index in [0.717, 1.165) is 5.56 Å². The largest absolute Gasteiger partial charge is 0.497 e. The van der Waals surface area contributed by atoms with E-state index in [1.165, 1.54) is 4.90 Å². The van der Waals surface area contributed by atoms with E-state index in [1.807, 2.05) is 13.8 Å². The van der Waals surface area contributed by atoms with Crippen molar-refractivity contribution >= 4 is 61.2 Å². The number of esters is 1. The highest BCUT2D eigenvalue weighted by Gasteiger charge is 2.55. The summed E-state index contributed by atoms with van der Waals surface area (Å²) in [4.78, 5) is 39.7. The summed E-state index contributed by atoms with van der Waals surface area (Å²) in [6.07, 6.45) is -0.727. The van der Waals surface area contributed by atoms with E-state index in [0.29, 0.717) is 21.5 Å². The lowest BCUT2D eigenvalue weighted by Crippen LogP contribution is -2.75. The third-order valence-electron chi connectivity index (χ3n) is 4.94. The molecule has 8 nitrogen and oxygen atoms in total. The van der Waals surface area contributed by atoms with Gasteiger partial charge in [-0.15, -0.1) is 0 Å². The number of carbonyl (C=O) groups excluding carboxylic acids is 3. The van der Waals surface area contributed by atoms with Gasteiger partial charge in [-0.2, -0.15) is 0 Å². The van der Waals surface area contributed by atoms with Crippen LogP contribution in [0.3, 0.4) is 0 Å². The summed E-state index contributed by atoms with van der Waals surface area (Å²) in [5.74, 6) is 0.698. The number of benzene rings is 1. The lowest BCUT2D eigenvalue weighted by molar-refractivity contribution is -0.161. The van der Waals surface area contributed by atoms with Crippen LogP contribution in [0.5, 0.6) is 5.75 Å². The normalized spacial score (nSPS) is 19.1. The number of alkyl halides is 1. The Morgan fingerprint density at radius 2 is 1.91 bits per heavy atom. The van der Waals surface area contributed by atoms with Crippen LogP contribution in [-0.4, -0.2) is 64.2 Å². The van der Waals surface area contributed by atoms with Gasteiger partial charge in [0.2, 0.25) is 5.91 Å². The first-order chi connectivity index (χ1) is 16.1. The molecular weight excluding hydrogens is 591 g/mol. The molecule has 4 atom stereocenters. The summed E-state index contributed by atoms with van der Waals surface area (Å²) in [6.45, 7) is 9.91. The number of halogens is 1. The highest BCUT2D eigenvalue weighted by atomic mass is 127. The van der Waals surface area contributed by atoms with E-state index in [2.05, 4.69) is 34.5 Å². The first-order valence-corrected chi connectivity index (χ1v) is 14.6. The van der Waals surface area contributed by atoms with E-state index < -0.39 is 44.9 Å². The average Bonchev–Trinajstić information content (AvgIpc) is 2.79. The monoisotopic (exact) mass is 622 g/mol. The highest BCUT2D eigenvalue weighted by molar-refractivity contribution is 14.1. The van der Waals surface area contributed by atoms with E-state index in [4.69, 9.17) is 25.4 Å². The molecule has 1 saturated heterocycles. The van der Waals surface area contributed by atoms with Crippen molar-refractivity contribution in [3.63, 3.8) is 0 Å². The fourth-order valence-corrected chi connectivity index (χ4v) is 6.88. The third-order valence-corrected chi connectivity index (χ3v) is 8.41. The maximum absolute atomic E-state index is 13.1. The van der Waals surface area contributed by atoms with E-state index >= 15 is 0 Å². The smallest absolute Gasteiger partial charge is 0.408 e. The number of β-lactam (4-membered cyclic amide) rings is 1. The van der Waals surface area contributed by atoms with Crippen LogP contribution in [0.2, 0.25) is 0 Å². The lowest BCUT2D eigenvalue weighted by atomic mass is 9.99. The van der Waals surface area contributed by atoms with Gasteiger partial charge in [0.25, 0.3) is 0 Å². The van der Waals surface area contributed by atoms with Gasteiger partial charge in [-0.3, -0.25) is 4.79 Å². The van der Waals surface area contributed by atoms with Crippen LogP contribution >= 0.6 is 22.6 Å². The maximum atomic E-state index is 13.1. The Morgan fingerprint density at radius 1 is 1.26 bits per heavy atom. The van der Waals surface area contributed by atoms with Crippen molar-refractivity contribution in [3.8, 4) is 5.75 Å². The molecule has 0 aromatic heterocycles. The van der Waals surface area contributed by atoms with Gasteiger partial charge in [0.15, 0.2) is 6.04 Å². The zero-order valence-electron chi connectivity index (χ0n) is 19.7. The van der Waals surface area contributed by atoms with Crippen LogP contribution < -0.4 is 10.1 Å². The van der Waals surface area contributed by atoms with Crippen molar-refractivity contribution < 1.29 is 28.6 Å². The fourth-order valence-electron chi connectivity index (χ4n) is 3.41. The van der Waals surface area contributed by atoms with Gasteiger partial charge in [-0.25, -0.2) is 9.59 Å². The average molecular weight is 623 g/mol. The second-order valence-corrected chi connectivity index (χ2v) is 12.2. The molecule has 4 unspecified atom stereocenters. The van der Waals surface area contributed by atoms with E-state index in [1.54, 1.807) is 38.3 Å². The van der Waals surface area contributed by atoms with E-state index in [-0.39, 0.29) is 19.1 Å². The summed E-state index contributed by atoms with van der Waals surface area (Å²) in [5.41, 5.74) is 1.26. The van der Waals surface area contributed by atoms with Crippen molar-refractivity contribution in [2.45, 2.75) is 44.8 Å². The Kier molecular flexibility index (Phi) is 11.2. The van der Waals surface area contributed by atoms with Gasteiger partial charge in [0, 0.05) is 10.2 Å². The summed E-state index contributed by atoms with van der Waals surface area (Å²) < 4.78 is 16.4. The number of rotatable bonds is 12. The first-order valence-electron chi connectivity index (χ1n) is 10.7. The van der Waals surface area contributed by atoms with Crippen LogP contribution in [0, 0.1) is 5.92 Å². The summed E-state index contributed by atoms with van der Waals surface area (Å²) in [6, 6.07) is 5.29. The Hall–Kier alpha value is -1.73. The lowest BCUT2D eigenvalue weighted by Gasteiger charge is -2.50. The molecule has 0 aliphatic carbocycles. The zero-order chi connectivity index (χ0) is 25.4. The Labute approximate surface area is 221 Å². The molecular formula is C23H31IN2O6S2. The molecule has 34 heavy (non-hydrogen) atoms. The molecule has 1 aromatic carbocycles. The third kappa shape index (κ3) is 7.38. The number of alkyl carbamates (subject to hydrolysis) is 1.